The summed E-state index contributed by atoms with van der Waals surface area (Å²) in [5.74, 6) is -1.80. The van der Waals surface area contributed by atoms with Crippen LogP contribution in [-0.4, -0.2) is 37.8 Å². The van der Waals surface area contributed by atoms with Crippen molar-refractivity contribution in [2.45, 2.75) is 0 Å². The molecule has 0 bridgehead atoms. The first-order chi connectivity index (χ1) is 10.5. The molecule has 112 valence electrons. The zero-order valence-corrected chi connectivity index (χ0v) is 11.3. The fourth-order valence-corrected chi connectivity index (χ4v) is 2.14. The van der Waals surface area contributed by atoms with Crippen molar-refractivity contribution < 1.29 is 19.0 Å². The molecule has 9 heteroatoms. The molecule has 0 saturated heterocycles. The topological polar surface area (TPSA) is 116 Å². The standard InChI is InChI=1S/C13H10FN5O3/c1-22-12-7(13(20)21)2-6(4-16-12)10-8(14)3-9-11(15)17-5-18-19(9)10/h2-5H,1H3,(H,20,21)(H2,15,17,18). The number of methoxy groups -OCH3 is 1. The maximum absolute atomic E-state index is 14.2. The largest absolute Gasteiger partial charge is 0.480 e. The Hall–Kier alpha value is -3.23. The summed E-state index contributed by atoms with van der Waals surface area (Å²) in [4.78, 5) is 18.9. The van der Waals surface area contributed by atoms with E-state index in [4.69, 9.17) is 10.5 Å². The van der Waals surface area contributed by atoms with Crippen molar-refractivity contribution in [3.8, 4) is 17.1 Å². The maximum atomic E-state index is 14.2. The Labute approximate surface area is 123 Å². The first-order valence-electron chi connectivity index (χ1n) is 6.08. The summed E-state index contributed by atoms with van der Waals surface area (Å²) in [6.07, 6.45) is 2.48. The number of nitrogen functional groups attached to an aromatic ring is 1. The maximum Gasteiger partial charge on any atom is 0.341 e. The van der Waals surface area contributed by atoms with Gasteiger partial charge in [-0.2, -0.15) is 5.10 Å². The lowest BCUT2D eigenvalue weighted by atomic mass is 10.1. The molecule has 0 aliphatic carbocycles. The lowest BCUT2D eigenvalue weighted by molar-refractivity contribution is 0.0692. The van der Waals surface area contributed by atoms with Crippen LogP contribution in [0, 0.1) is 5.82 Å². The number of carboxylic acids is 1. The second kappa shape index (κ2) is 4.95. The zero-order valence-electron chi connectivity index (χ0n) is 11.3. The van der Waals surface area contributed by atoms with E-state index in [0.29, 0.717) is 0 Å². The summed E-state index contributed by atoms with van der Waals surface area (Å²) in [6.45, 7) is 0. The summed E-state index contributed by atoms with van der Waals surface area (Å²) in [5, 5.41) is 13.1. The number of nitrogens with two attached hydrogens (primary N) is 1. The van der Waals surface area contributed by atoms with Gasteiger partial charge in [0.15, 0.2) is 11.6 Å². The van der Waals surface area contributed by atoms with Crippen molar-refractivity contribution in [2.75, 3.05) is 12.8 Å². The normalized spacial score (nSPS) is 10.8. The molecule has 0 aromatic carbocycles. The van der Waals surface area contributed by atoms with Gasteiger partial charge in [0.1, 0.15) is 23.1 Å². The fraction of sp³-hybridized carbons (Fsp3) is 0.0769. The van der Waals surface area contributed by atoms with Gasteiger partial charge in [0.25, 0.3) is 0 Å². The van der Waals surface area contributed by atoms with E-state index in [2.05, 4.69) is 15.1 Å². The van der Waals surface area contributed by atoms with Crippen molar-refractivity contribution in [3.63, 3.8) is 0 Å². The first-order valence-corrected chi connectivity index (χ1v) is 6.08. The molecule has 0 atom stereocenters. The zero-order chi connectivity index (χ0) is 15.9. The number of hydrogen-bond acceptors (Lipinski definition) is 6. The summed E-state index contributed by atoms with van der Waals surface area (Å²) >= 11 is 0. The summed E-state index contributed by atoms with van der Waals surface area (Å²) in [6, 6.07) is 2.44. The fourth-order valence-electron chi connectivity index (χ4n) is 2.14. The van der Waals surface area contributed by atoms with E-state index in [1.807, 2.05) is 0 Å². The van der Waals surface area contributed by atoms with E-state index < -0.39 is 11.8 Å². The van der Waals surface area contributed by atoms with Gasteiger partial charge in [0, 0.05) is 17.8 Å². The number of anilines is 1. The van der Waals surface area contributed by atoms with E-state index in [0.717, 1.165) is 0 Å². The van der Waals surface area contributed by atoms with E-state index in [1.54, 1.807) is 0 Å². The molecule has 22 heavy (non-hydrogen) atoms. The van der Waals surface area contributed by atoms with Crippen molar-refractivity contribution >= 4 is 17.3 Å². The van der Waals surface area contributed by atoms with Gasteiger partial charge in [-0.1, -0.05) is 0 Å². The molecule has 0 amide bonds. The molecular weight excluding hydrogens is 293 g/mol. The number of aromatic nitrogens is 4. The van der Waals surface area contributed by atoms with E-state index in [1.165, 1.54) is 36.3 Å². The van der Waals surface area contributed by atoms with Crippen molar-refractivity contribution in [1.82, 2.24) is 19.6 Å². The molecule has 0 radical (unpaired) electrons. The number of rotatable bonds is 3. The van der Waals surface area contributed by atoms with Crippen molar-refractivity contribution in [2.24, 2.45) is 0 Å². The number of pyridine rings is 1. The predicted octanol–water partition coefficient (Wildman–Crippen LogP) is 1.22. The molecule has 3 rings (SSSR count). The molecule has 0 spiro atoms. The Morgan fingerprint density at radius 3 is 2.86 bits per heavy atom. The number of fused-ring (bicyclic) bond motifs is 1. The quantitative estimate of drug-likeness (QED) is 0.747. The molecule has 0 unspecified atom stereocenters. The van der Waals surface area contributed by atoms with Crippen LogP contribution in [0.15, 0.2) is 24.7 Å². The number of carbonyl (C=O) groups is 1. The Morgan fingerprint density at radius 1 is 1.41 bits per heavy atom. The van der Waals surface area contributed by atoms with Crippen LogP contribution in [-0.2, 0) is 0 Å². The second-order valence-electron chi connectivity index (χ2n) is 4.37. The summed E-state index contributed by atoms with van der Waals surface area (Å²) in [5.41, 5.74) is 6.04. The van der Waals surface area contributed by atoms with Gasteiger partial charge >= 0.3 is 5.97 Å². The van der Waals surface area contributed by atoms with Crippen LogP contribution >= 0.6 is 0 Å². The Morgan fingerprint density at radius 2 is 2.18 bits per heavy atom. The van der Waals surface area contributed by atoms with Crippen LogP contribution in [0.2, 0.25) is 0 Å². The SMILES string of the molecule is COc1ncc(-c2c(F)cc3c(N)ncnn23)cc1C(=O)O. The number of aromatic carboxylic acids is 1. The van der Waals surface area contributed by atoms with Gasteiger partial charge in [0.2, 0.25) is 5.88 Å². The lowest BCUT2D eigenvalue weighted by Crippen LogP contribution is -2.04. The monoisotopic (exact) mass is 303 g/mol. The van der Waals surface area contributed by atoms with Crippen LogP contribution in [0.1, 0.15) is 10.4 Å². The smallest absolute Gasteiger partial charge is 0.341 e. The van der Waals surface area contributed by atoms with E-state index in [9.17, 15) is 14.3 Å². The van der Waals surface area contributed by atoms with Crippen molar-refractivity contribution in [1.29, 1.82) is 0 Å². The molecule has 8 nitrogen and oxygen atoms in total. The highest BCUT2D eigenvalue weighted by Gasteiger charge is 2.19. The van der Waals surface area contributed by atoms with Gasteiger partial charge in [-0.05, 0) is 6.07 Å². The third-order valence-corrected chi connectivity index (χ3v) is 3.10. The highest BCUT2D eigenvalue weighted by Crippen LogP contribution is 2.29. The molecule has 0 saturated carbocycles. The van der Waals surface area contributed by atoms with Gasteiger partial charge in [-0.3, -0.25) is 0 Å². The Kier molecular flexibility index (Phi) is 3.09. The number of ether oxygens (including phenoxy) is 1. The molecule has 0 aliphatic heterocycles. The average molecular weight is 303 g/mol. The van der Waals surface area contributed by atoms with Crippen LogP contribution in [0.3, 0.4) is 0 Å². The summed E-state index contributed by atoms with van der Waals surface area (Å²) in [7, 11) is 1.30. The van der Waals surface area contributed by atoms with Crippen molar-refractivity contribution in [3.05, 3.63) is 36.0 Å². The number of halogens is 1. The molecule has 0 aliphatic rings. The number of hydrogen-bond donors (Lipinski definition) is 2. The number of carboxylic acid groups (broad SMARTS) is 1. The van der Waals surface area contributed by atoms with Crippen LogP contribution in [0.25, 0.3) is 16.8 Å². The second-order valence-corrected chi connectivity index (χ2v) is 4.37. The van der Waals surface area contributed by atoms with Crippen LogP contribution in [0.5, 0.6) is 5.88 Å². The van der Waals surface area contributed by atoms with E-state index >= 15 is 0 Å². The number of nitrogens with zero attached hydrogens (tertiary/aromatic N) is 4. The summed E-state index contributed by atoms with van der Waals surface area (Å²) < 4.78 is 20.4. The lowest BCUT2D eigenvalue weighted by Gasteiger charge is -2.07. The molecule has 3 aromatic heterocycles. The Balaban J connectivity index is 2.28. The molecule has 3 N–H and O–H groups in total. The molecule has 0 fully saturated rings. The highest BCUT2D eigenvalue weighted by atomic mass is 19.1. The third kappa shape index (κ3) is 1.99. The Bertz CT molecular complexity index is 893. The van der Waals surface area contributed by atoms with Crippen LogP contribution in [0.4, 0.5) is 10.2 Å². The van der Waals surface area contributed by atoms with E-state index in [-0.39, 0.29) is 34.0 Å². The predicted molar refractivity (Wildman–Crippen MR) is 74.1 cm³/mol. The third-order valence-electron chi connectivity index (χ3n) is 3.10. The van der Waals surface area contributed by atoms with Gasteiger partial charge in [-0.15, -0.1) is 0 Å². The minimum atomic E-state index is -1.23. The van der Waals surface area contributed by atoms with Crippen LogP contribution < -0.4 is 10.5 Å². The molecule has 3 aromatic rings. The van der Waals surface area contributed by atoms with Gasteiger partial charge < -0.3 is 15.6 Å². The molecular formula is C13H10FN5O3. The van der Waals surface area contributed by atoms with Gasteiger partial charge in [0.05, 0.1) is 7.11 Å². The molecule has 3 heterocycles. The highest BCUT2D eigenvalue weighted by molar-refractivity contribution is 5.92. The average Bonchev–Trinajstić information content (AvgIpc) is 2.84. The minimum Gasteiger partial charge on any atom is -0.480 e. The first kappa shape index (κ1) is 13.7. The minimum absolute atomic E-state index is 0.0433. The van der Waals surface area contributed by atoms with Gasteiger partial charge in [-0.25, -0.2) is 23.7 Å².